The predicted octanol–water partition coefficient (Wildman–Crippen LogP) is 0.288. The number of carbonyl (C=O) groups is 1. The van der Waals surface area contributed by atoms with Gasteiger partial charge in [-0.15, -0.1) is 6.58 Å². The Bertz CT molecular complexity index is 971. The van der Waals surface area contributed by atoms with E-state index in [0.717, 1.165) is 4.57 Å². The van der Waals surface area contributed by atoms with E-state index < -0.39 is 23.0 Å². The zero-order valence-electron chi connectivity index (χ0n) is 13.3. The summed E-state index contributed by atoms with van der Waals surface area (Å²) in [5.74, 6) is -1.52. The van der Waals surface area contributed by atoms with E-state index in [4.69, 9.17) is 0 Å². The molecule has 1 aromatic carbocycles. The number of carbonyl (C=O) groups excluding carboxylic acids is 1. The molecule has 9 nitrogen and oxygen atoms in total. The van der Waals surface area contributed by atoms with Crippen LogP contribution in [0.3, 0.4) is 0 Å². The first-order valence-electron chi connectivity index (χ1n) is 7.16. The van der Waals surface area contributed by atoms with Crippen LogP contribution in [0.15, 0.2) is 51.6 Å². The average Bonchev–Trinajstić information content (AvgIpc) is 2.56. The Morgan fingerprint density at radius 1 is 1.36 bits per heavy atom. The number of amides is 1. The highest BCUT2D eigenvalue weighted by Crippen LogP contribution is 2.15. The normalized spacial score (nSPS) is 11.2. The third-order valence-corrected chi connectivity index (χ3v) is 3.32. The molecule has 1 aromatic heterocycles. The van der Waals surface area contributed by atoms with Crippen molar-refractivity contribution >= 4 is 11.6 Å². The summed E-state index contributed by atoms with van der Waals surface area (Å²) in [6, 6.07) is 5.85. The standard InChI is InChI=1S/C16H16N4O5/c1-3-8-20-15(24)12(14(23)17-16(20)25)9(2)18-19-13(22)10-6-4-5-7-11(10)21/h3-7,21,24H,1,8H2,2H3,(H,19,22)(H,17,23,25). The van der Waals surface area contributed by atoms with E-state index in [1.807, 2.05) is 0 Å². The topological polar surface area (TPSA) is 137 Å². The van der Waals surface area contributed by atoms with Crippen LogP contribution in [0.4, 0.5) is 0 Å². The van der Waals surface area contributed by atoms with Crippen molar-refractivity contribution in [2.24, 2.45) is 5.10 Å². The Morgan fingerprint density at radius 2 is 2.04 bits per heavy atom. The molecule has 2 rings (SSSR count). The van der Waals surface area contributed by atoms with Gasteiger partial charge in [0, 0.05) is 6.54 Å². The van der Waals surface area contributed by atoms with Gasteiger partial charge in [-0.2, -0.15) is 5.10 Å². The molecule has 0 bridgehead atoms. The number of hydrogen-bond donors (Lipinski definition) is 4. The highest BCUT2D eigenvalue weighted by Gasteiger charge is 2.17. The highest BCUT2D eigenvalue weighted by molar-refractivity contribution is 6.02. The Morgan fingerprint density at radius 3 is 2.68 bits per heavy atom. The van der Waals surface area contributed by atoms with Crippen LogP contribution in [0.25, 0.3) is 0 Å². The molecule has 1 heterocycles. The molecule has 9 heteroatoms. The van der Waals surface area contributed by atoms with Crippen molar-refractivity contribution in [2.45, 2.75) is 13.5 Å². The van der Waals surface area contributed by atoms with Crippen molar-refractivity contribution in [2.75, 3.05) is 0 Å². The number of phenolic OH excluding ortho intramolecular Hbond substituents is 1. The van der Waals surface area contributed by atoms with Gasteiger partial charge >= 0.3 is 5.69 Å². The van der Waals surface area contributed by atoms with Gasteiger partial charge < -0.3 is 10.2 Å². The summed E-state index contributed by atoms with van der Waals surface area (Å²) >= 11 is 0. The van der Waals surface area contributed by atoms with Gasteiger partial charge in [0.1, 0.15) is 11.3 Å². The van der Waals surface area contributed by atoms with E-state index in [-0.39, 0.29) is 29.1 Å². The summed E-state index contributed by atoms with van der Waals surface area (Å²) in [5, 5.41) is 23.5. The molecule has 0 radical (unpaired) electrons. The largest absolute Gasteiger partial charge is 0.507 e. The molecule has 130 valence electrons. The lowest BCUT2D eigenvalue weighted by Crippen LogP contribution is -2.34. The molecule has 0 atom stereocenters. The van der Waals surface area contributed by atoms with Gasteiger partial charge in [0.15, 0.2) is 0 Å². The molecule has 0 saturated carbocycles. The van der Waals surface area contributed by atoms with Crippen molar-refractivity contribution in [3.8, 4) is 11.6 Å². The maximum atomic E-state index is 12.0. The lowest BCUT2D eigenvalue weighted by atomic mass is 10.2. The van der Waals surface area contributed by atoms with E-state index in [1.165, 1.54) is 25.1 Å². The average molecular weight is 344 g/mol. The first-order chi connectivity index (χ1) is 11.9. The quantitative estimate of drug-likeness (QED) is 0.351. The maximum absolute atomic E-state index is 12.0. The van der Waals surface area contributed by atoms with Crippen molar-refractivity contribution in [1.82, 2.24) is 15.0 Å². The number of para-hydroxylation sites is 1. The van der Waals surface area contributed by atoms with Gasteiger partial charge in [-0.1, -0.05) is 18.2 Å². The summed E-state index contributed by atoms with van der Waals surface area (Å²) in [7, 11) is 0. The smallest absolute Gasteiger partial charge is 0.331 e. The molecule has 0 aliphatic heterocycles. The number of rotatable bonds is 5. The van der Waals surface area contributed by atoms with Crippen molar-refractivity contribution < 1.29 is 15.0 Å². The van der Waals surface area contributed by atoms with E-state index in [2.05, 4.69) is 22.1 Å². The second kappa shape index (κ2) is 7.30. The fourth-order valence-corrected chi connectivity index (χ4v) is 2.10. The monoisotopic (exact) mass is 344 g/mol. The minimum absolute atomic E-state index is 0.00573. The number of aromatic hydroxyl groups is 2. The molecule has 0 aliphatic carbocycles. The van der Waals surface area contributed by atoms with Crippen LogP contribution in [-0.2, 0) is 6.54 Å². The van der Waals surface area contributed by atoms with E-state index >= 15 is 0 Å². The lowest BCUT2D eigenvalue weighted by molar-refractivity contribution is 0.0952. The van der Waals surface area contributed by atoms with Crippen LogP contribution in [0, 0.1) is 0 Å². The minimum Gasteiger partial charge on any atom is -0.507 e. The molecule has 0 fully saturated rings. The van der Waals surface area contributed by atoms with Crippen LogP contribution >= 0.6 is 0 Å². The number of hydrogen-bond acceptors (Lipinski definition) is 6. The summed E-state index contributed by atoms with van der Waals surface area (Å²) in [6.07, 6.45) is 1.37. The molecular weight excluding hydrogens is 328 g/mol. The van der Waals surface area contributed by atoms with Crippen LogP contribution in [0.5, 0.6) is 11.6 Å². The number of aromatic nitrogens is 2. The van der Waals surface area contributed by atoms with Gasteiger partial charge in [0.05, 0.1) is 11.3 Å². The molecule has 25 heavy (non-hydrogen) atoms. The minimum atomic E-state index is -0.846. The Kier molecular flexibility index (Phi) is 5.18. The Labute approximate surface area is 141 Å². The highest BCUT2D eigenvalue weighted by atomic mass is 16.3. The summed E-state index contributed by atoms with van der Waals surface area (Å²) in [4.78, 5) is 37.7. The van der Waals surface area contributed by atoms with Crippen LogP contribution in [0.1, 0.15) is 22.8 Å². The van der Waals surface area contributed by atoms with Gasteiger partial charge in [-0.3, -0.25) is 19.1 Å². The first kappa shape index (κ1) is 17.7. The van der Waals surface area contributed by atoms with Crippen LogP contribution in [0.2, 0.25) is 0 Å². The molecule has 4 N–H and O–H groups in total. The first-order valence-corrected chi connectivity index (χ1v) is 7.16. The van der Waals surface area contributed by atoms with E-state index in [1.54, 1.807) is 12.1 Å². The van der Waals surface area contributed by atoms with Gasteiger partial charge in [0.2, 0.25) is 5.88 Å². The summed E-state index contributed by atoms with van der Waals surface area (Å²) < 4.78 is 0.896. The number of benzene rings is 1. The zero-order chi connectivity index (χ0) is 18.6. The molecule has 0 unspecified atom stereocenters. The molecule has 1 amide bonds. The van der Waals surface area contributed by atoms with Gasteiger partial charge in [-0.05, 0) is 19.1 Å². The second-order valence-electron chi connectivity index (χ2n) is 5.01. The Hall–Kier alpha value is -3.62. The molecule has 0 aliphatic rings. The van der Waals surface area contributed by atoms with Crippen molar-refractivity contribution in [3.05, 3.63) is 68.9 Å². The lowest BCUT2D eigenvalue weighted by Gasteiger charge is -2.09. The molecule has 0 saturated heterocycles. The van der Waals surface area contributed by atoms with Crippen molar-refractivity contribution in [3.63, 3.8) is 0 Å². The number of allylic oxidation sites excluding steroid dienone is 1. The predicted molar refractivity (Wildman–Crippen MR) is 91.0 cm³/mol. The number of aromatic amines is 1. The fraction of sp³-hybridized carbons (Fsp3) is 0.125. The fourth-order valence-electron chi connectivity index (χ4n) is 2.10. The number of H-pyrrole nitrogens is 1. The van der Waals surface area contributed by atoms with Gasteiger partial charge in [0.25, 0.3) is 11.5 Å². The number of nitrogens with zero attached hydrogens (tertiary/aromatic N) is 2. The van der Waals surface area contributed by atoms with E-state index in [0.29, 0.717) is 0 Å². The van der Waals surface area contributed by atoms with Crippen LogP contribution in [-0.4, -0.2) is 31.4 Å². The molecule has 2 aromatic rings. The number of phenols is 1. The number of hydrazone groups is 1. The zero-order valence-corrected chi connectivity index (χ0v) is 13.3. The molecule has 0 spiro atoms. The third kappa shape index (κ3) is 3.66. The van der Waals surface area contributed by atoms with E-state index in [9.17, 15) is 24.6 Å². The third-order valence-electron chi connectivity index (χ3n) is 3.32. The van der Waals surface area contributed by atoms with Gasteiger partial charge in [-0.25, -0.2) is 10.2 Å². The maximum Gasteiger partial charge on any atom is 0.331 e. The Balaban J connectivity index is 2.37. The van der Waals surface area contributed by atoms with Crippen LogP contribution < -0.4 is 16.7 Å². The SMILES string of the molecule is C=CCn1c(O)c(C(C)=NNC(=O)c2ccccc2O)c(=O)[nH]c1=O. The molecular formula is C16H16N4O5. The second-order valence-corrected chi connectivity index (χ2v) is 5.01. The summed E-state index contributed by atoms with van der Waals surface area (Å²) in [6.45, 7) is 4.81. The summed E-state index contributed by atoms with van der Waals surface area (Å²) in [5.41, 5.74) is 0.237. The number of nitrogens with one attached hydrogen (secondary N) is 2. The van der Waals surface area contributed by atoms with Crippen molar-refractivity contribution in [1.29, 1.82) is 0 Å².